The van der Waals surface area contributed by atoms with Crippen LogP contribution in [0.4, 0.5) is 0 Å². The van der Waals surface area contributed by atoms with Crippen LogP contribution < -0.4 is 10.3 Å². The molecular formula is C29H31N3O3. The molecule has 0 N–H and O–H groups in total. The van der Waals surface area contributed by atoms with Crippen molar-refractivity contribution >= 4 is 16.8 Å². The molecule has 4 aromatic rings. The summed E-state index contributed by atoms with van der Waals surface area (Å²) in [6, 6.07) is 23.5. The fourth-order valence-corrected chi connectivity index (χ4v) is 4.37. The van der Waals surface area contributed by atoms with Crippen molar-refractivity contribution in [3.63, 3.8) is 0 Å². The van der Waals surface area contributed by atoms with E-state index < -0.39 is 6.04 Å². The van der Waals surface area contributed by atoms with Crippen LogP contribution >= 0.6 is 0 Å². The number of hydrogen-bond acceptors (Lipinski definition) is 4. The first-order valence-electron chi connectivity index (χ1n) is 12.1. The van der Waals surface area contributed by atoms with Gasteiger partial charge in [-0.15, -0.1) is 0 Å². The van der Waals surface area contributed by atoms with E-state index in [1.54, 1.807) is 17.7 Å². The van der Waals surface area contributed by atoms with Gasteiger partial charge in [0.05, 0.1) is 29.7 Å². The minimum Gasteiger partial charge on any atom is -0.495 e. The van der Waals surface area contributed by atoms with E-state index in [0.29, 0.717) is 40.3 Å². The zero-order valence-electron chi connectivity index (χ0n) is 20.5. The summed E-state index contributed by atoms with van der Waals surface area (Å²) in [5.74, 6) is 0.981. The molecule has 1 amide bonds. The molecule has 6 heteroatoms. The molecule has 0 fully saturated rings. The van der Waals surface area contributed by atoms with Crippen LogP contribution in [0.2, 0.25) is 0 Å². The Morgan fingerprint density at radius 3 is 2.40 bits per heavy atom. The van der Waals surface area contributed by atoms with Crippen molar-refractivity contribution in [3.8, 4) is 11.4 Å². The number of benzene rings is 3. The molecule has 35 heavy (non-hydrogen) atoms. The Kier molecular flexibility index (Phi) is 7.60. The van der Waals surface area contributed by atoms with Crippen molar-refractivity contribution in [1.29, 1.82) is 0 Å². The Labute approximate surface area is 205 Å². The van der Waals surface area contributed by atoms with Gasteiger partial charge in [-0.3, -0.25) is 14.2 Å². The lowest BCUT2D eigenvalue weighted by molar-refractivity contribution is 0.0677. The summed E-state index contributed by atoms with van der Waals surface area (Å²) in [7, 11) is 1.58. The Hall–Kier alpha value is -3.93. The summed E-state index contributed by atoms with van der Waals surface area (Å²) >= 11 is 0. The van der Waals surface area contributed by atoms with Gasteiger partial charge in [-0.05, 0) is 49.7 Å². The normalized spacial score (nSPS) is 11.9. The minimum absolute atomic E-state index is 0.0804. The number of nitrogens with zero attached hydrogens (tertiary/aromatic N) is 3. The van der Waals surface area contributed by atoms with Gasteiger partial charge in [-0.25, -0.2) is 4.98 Å². The van der Waals surface area contributed by atoms with Crippen LogP contribution in [-0.4, -0.2) is 34.0 Å². The van der Waals surface area contributed by atoms with Crippen molar-refractivity contribution < 1.29 is 9.53 Å². The SMILES string of the molecule is CCCCCN(C(=O)c1ccccc1)C(C)c1nc2ccccc2c(=O)n1-c1ccccc1OC. The largest absolute Gasteiger partial charge is 0.495 e. The maximum atomic E-state index is 13.8. The highest BCUT2D eigenvalue weighted by molar-refractivity contribution is 5.94. The highest BCUT2D eigenvalue weighted by atomic mass is 16.5. The van der Waals surface area contributed by atoms with Gasteiger partial charge in [0.15, 0.2) is 0 Å². The molecule has 0 aliphatic heterocycles. The van der Waals surface area contributed by atoms with E-state index in [-0.39, 0.29) is 11.5 Å². The number of hydrogen-bond donors (Lipinski definition) is 0. The molecule has 0 spiro atoms. The molecule has 0 aliphatic rings. The lowest BCUT2D eigenvalue weighted by Crippen LogP contribution is -2.38. The maximum Gasteiger partial charge on any atom is 0.266 e. The van der Waals surface area contributed by atoms with E-state index in [9.17, 15) is 9.59 Å². The number of aromatic nitrogens is 2. The first-order chi connectivity index (χ1) is 17.1. The first kappa shape index (κ1) is 24.2. The standard InChI is InChI=1S/C29H31N3O3/c1-4-5-13-20-31(28(33)22-14-7-6-8-15-22)21(2)27-30-24-17-10-9-16-23(24)29(34)32(27)25-18-11-12-19-26(25)35-3/h6-12,14-19,21H,4-5,13,20H2,1-3H3. The highest BCUT2D eigenvalue weighted by Crippen LogP contribution is 2.28. The smallest absolute Gasteiger partial charge is 0.266 e. The number of carbonyl (C=O) groups is 1. The third-order valence-electron chi connectivity index (χ3n) is 6.25. The van der Waals surface area contributed by atoms with Gasteiger partial charge in [-0.1, -0.05) is 62.2 Å². The van der Waals surface area contributed by atoms with E-state index in [4.69, 9.17) is 9.72 Å². The zero-order chi connectivity index (χ0) is 24.8. The Morgan fingerprint density at radius 2 is 1.66 bits per heavy atom. The summed E-state index contributed by atoms with van der Waals surface area (Å²) in [5.41, 5.74) is 1.62. The summed E-state index contributed by atoms with van der Waals surface area (Å²) in [5, 5.41) is 0.515. The molecule has 1 unspecified atom stereocenters. The van der Waals surface area contributed by atoms with Crippen LogP contribution in [0.15, 0.2) is 83.7 Å². The third-order valence-corrected chi connectivity index (χ3v) is 6.25. The van der Waals surface area contributed by atoms with Crippen LogP contribution in [0.5, 0.6) is 5.75 Å². The lowest BCUT2D eigenvalue weighted by atomic mass is 10.1. The van der Waals surface area contributed by atoms with Gasteiger partial charge in [0.25, 0.3) is 11.5 Å². The molecule has 1 heterocycles. The van der Waals surface area contributed by atoms with Gasteiger partial charge in [0.2, 0.25) is 0 Å². The molecule has 0 aliphatic carbocycles. The fraction of sp³-hybridized carbons (Fsp3) is 0.276. The molecule has 1 aromatic heterocycles. The number of para-hydroxylation sites is 3. The second kappa shape index (κ2) is 11.0. The van der Waals surface area contributed by atoms with Gasteiger partial charge in [0, 0.05) is 12.1 Å². The number of ether oxygens (including phenoxy) is 1. The molecule has 3 aromatic carbocycles. The van der Waals surface area contributed by atoms with Crippen molar-refractivity contribution in [2.24, 2.45) is 0 Å². The third kappa shape index (κ3) is 4.97. The second-order valence-electron chi connectivity index (χ2n) is 8.55. The van der Waals surface area contributed by atoms with Crippen LogP contribution in [-0.2, 0) is 0 Å². The predicted octanol–water partition coefficient (Wildman–Crippen LogP) is 5.79. The predicted molar refractivity (Wildman–Crippen MR) is 139 cm³/mol. The van der Waals surface area contributed by atoms with Crippen molar-refractivity contribution in [1.82, 2.24) is 14.5 Å². The summed E-state index contributed by atoms with van der Waals surface area (Å²) < 4.78 is 7.18. The average Bonchev–Trinajstić information content (AvgIpc) is 2.91. The van der Waals surface area contributed by atoms with Crippen molar-refractivity contribution in [3.05, 3.63) is 101 Å². The summed E-state index contributed by atoms with van der Waals surface area (Å²) in [6.07, 6.45) is 2.92. The monoisotopic (exact) mass is 469 g/mol. The molecule has 0 bridgehead atoms. The van der Waals surface area contributed by atoms with Crippen LogP contribution in [0, 0.1) is 0 Å². The van der Waals surface area contributed by atoms with Crippen LogP contribution in [0.25, 0.3) is 16.6 Å². The molecule has 4 rings (SSSR count). The lowest BCUT2D eigenvalue weighted by Gasteiger charge is -2.31. The number of rotatable bonds is 9. The molecule has 180 valence electrons. The minimum atomic E-state index is -0.457. The number of methoxy groups -OCH3 is 1. The Morgan fingerprint density at radius 1 is 0.971 bits per heavy atom. The molecule has 0 saturated heterocycles. The van der Waals surface area contributed by atoms with Gasteiger partial charge < -0.3 is 9.64 Å². The number of carbonyl (C=O) groups excluding carboxylic acids is 1. The van der Waals surface area contributed by atoms with Gasteiger partial charge in [0.1, 0.15) is 11.6 Å². The summed E-state index contributed by atoms with van der Waals surface area (Å²) in [6.45, 7) is 4.64. The van der Waals surface area contributed by atoms with E-state index in [2.05, 4.69) is 6.92 Å². The van der Waals surface area contributed by atoms with Crippen LogP contribution in [0.3, 0.4) is 0 Å². The number of unbranched alkanes of at least 4 members (excludes halogenated alkanes) is 2. The van der Waals surface area contributed by atoms with Crippen LogP contribution in [0.1, 0.15) is 55.3 Å². The van der Waals surface area contributed by atoms with Gasteiger partial charge >= 0.3 is 0 Å². The van der Waals surface area contributed by atoms with E-state index in [1.165, 1.54) is 0 Å². The molecule has 1 atom stereocenters. The Bertz CT molecular complexity index is 1360. The average molecular weight is 470 g/mol. The molecule has 0 saturated carbocycles. The second-order valence-corrected chi connectivity index (χ2v) is 8.55. The first-order valence-corrected chi connectivity index (χ1v) is 12.1. The van der Waals surface area contributed by atoms with Gasteiger partial charge in [-0.2, -0.15) is 0 Å². The molecule has 0 radical (unpaired) electrons. The van der Waals surface area contributed by atoms with Crippen molar-refractivity contribution in [2.45, 2.75) is 39.2 Å². The number of fused-ring (bicyclic) bond motifs is 1. The quantitative estimate of drug-likeness (QED) is 0.291. The topological polar surface area (TPSA) is 64.4 Å². The summed E-state index contributed by atoms with van der Waals surface area (Å²) in [4.78, 5) is 34.2. The Balaban J connectivity index is 1.91. The fourth-order valence-electron chi connectivity index (χ4n) is 4.37. The molecule has 6 nitrogen and oxygen atoms in total. The molecular weight excluding hydrogens is 438 g/mol. The van der Waals surface area contributed by atoms with E-state index >= 15 is 0 Å². The number of amides is 1. The zero-order valence-corrected chi connectivity index (χ0v) is 20.5. The maximum absolute atomic E-state index is 13.8. The van der Waals surface area contributed by atoms with E-state index in [0.717, 1.165) is 19.3 Å². The highest BCUT2D eigenvalue weighted by Gasteiger charge is 2.28. The van der Waals surface area contributed by atoms with Crippen molar-refractivity contribution in [2.75, 3.05) is 13.7 Å². The van der Waals surface area contributed by atoms with E-state index in [1.807, 2.05) is 84.6 Å².